The van der Waals surface area contributed by atoms with E-state index in [9.17, 15) is 4.79 Å². The van der Waals surface area contributed by atoms with Gasteiger partial charge in [-0.05, 0) is 43.3 Å². The van der Waals surface area contributed by atoms with Crippen molar-refractivity contribution in [2.75, 3.05) is 6.61 Å². The zero-order valence-electron chi connectivity index (χ0n) is 13.8. The molecule has 0 radical (unpaired) electrons. The molecule has 1 saturated heterocycles. The highest BCUT2D eigenvalue weighted by molar-refractivity contribution is 5.69. The first-order valence-electron chi connectivity index (χ1n) is 7.87. The Morgan fingerprint density at radius 1 is 1.52 bits per heavy atom. The van der Waals surface area contributed by atoms with Gasteiger partial charge in [-0.1, -0.05) is 25.7 Å². The van der Waals surface area contributed by atoms with Crippen molar-refractivity contribution in [1.29, 1.82) is 0 Å². The van der Waals surface area contributed by atoms with Crippen LogP contribution in [0.1, 0.15) is 40.0 Å². The summed E-state index contributed by atoms with van der Waals surface area (Å²) >= 11 is 0. The summed E-state index contributed by atoms with van der Waals surface area (Å²) in [7, 11) is 0. The highest BCUT2D eigenvalue weighted by atomic mass is 16.7. The summed E-state index contributed by atoms with van der Waals surface area (Å²) in [6.07, 6.45) is 7.00. The second-order valence-electron chi connectivity index (χ2n) is 6.00. The first-order chi connectivity index (χ1) is 11.0. The minimum atomic E-state index is -0.745. The van der Waals surface area contributed by atoms with E-state index in [2.05, 4.69) is 23.7 Å². The van der Waals surface area contributed by atoms with Gasteiger partial charge in [-0.15, -0.1) is 0 Å². The Kier molecular flexibility index (Phi) is 5.90. The van der Waals surface area contributed by atoms with Gasteiger partial charge in [-0.25, -0.2) is 0 Å². The van der Waals surface area contributed by atoms with Crippen LogP contribution in [0, 0.1) is 29.6 Å². The molecule has 2 atom stereocenters. The van der Waals surface area contributed by atoms with Crippen LogP contribution in [0.3, 0.4) is 0 Å². The zero-order chi connectivity index (χ0) is 16.7. The lowest BCUT2D eigenvalue weighted by molar-refractivity contribution is -0.221. The lowest BCUT2D eigenvalue weighted by Gasteiger charge is -2.35. The van der Waals surface area contributed by atoms with E-state index in [1.165, 1.54) is 0 Å². The molecule has 122 valence electrons. The molecule has 4 heteroatoms. The molecule has 0 amide bonds. The quantitative estimate of drug-likeness (QED) is 0.593. The summed E-state index contributed by atoms with van der Waals surface area (Å²) in [5, 5.41) is 0. The molecular formula is C19H22O4. The monoisotopic (exact) mass is 314 g/mol. The number of rotatable bonds is 3. The molecule has 0 bridgehead atoms. The largest absolute Gasteiger partial charge is 0.460 e. The second-order valence-corrected chi connectivity index (χ2v) is 6.00. The summed E-state index contributed by atoms with van der Waals surface area (Å²) in [5.74, 6) is 10.9. The van der Waals surface area contributed by atoms with Crippen LogP contribution in [0.25, 0.3) is 0 Å². The molecule has 1 spiro atoms. The van der Waals surface area contributed by atoms with Crippen molar-refractivity contribution < 1.29 is 19.0 Å². The van der Waals surface area contributed by atoms with E-state index in [-0.39, 0.29) is 12.1 Å². The van der Waals surface area contributed by atoms with Gasteiger partial charge in [0, 0.05) is 18.9 Å². The van der Waals surface area contributed by atoms with Crippen molar-refractivity contribution in [3.05, 3.63) is 24.0 Å². The van der Waals surface area contributed by atoms with Crippen molar-refractivity contribution in [3.63, 3.8) is 0 Å². The van der Waals surface area contributed by atoms with Crippen molar-refractivity contribution in [3.8, 4) is 23.7 Å². The average Bonchev–Trinajstić information content (AvgIpc) is 2.89. The van der Waals surface area contributed by atoms with Gasteiger partial charge in [0.2, 0.25) is 5.79 Å². The maximum Gasteiger partial charge on any atom is 0.306 e. The van der Waals surface area contributed by atoms with E-state index in [0.29, 0.717) is 37.5 Å². The van der Waals surface area contributed by atoms with Gasteiger partial charge in [0.05, 0.1) is 6.61 Å². The fraction of sp³-hybridized carbons (Fsp3) is 0.526. The molecule has 2 aliphatic heterocycles. The Bertz CT molecular complexity index is 611. The normalized spacial score (nSPS) is 27.1. The first-order valence-corrected chi connectivity index (χ1v) is 7.87. The lowest BCUT2D eigenvalue weighted by atomic mass is 10.0. The topological polar surface area (TPSA) is 44.8 Å². The number of allylic oxidation sites excluding steroid dienone is 2. The predicted molar refractivity (Wildman–Crippen MR) is 86.8 cm³/mol. The Hall–Kier alpha value is -2.17. The van der Waals surface area contributed by atoms with E-state index in [1.807, 2.05) is 26.0 Å². The van der Waals surface area contributed by atoms with Crippen molar-refractivity contribution in [2.45, 2.75) is 51.9 Å². The molecule has 0 saturated carbocycles. The smallest absolute Gasteiger partial charge is 0.306 e. The molecule has 0 unspecified atom stereocenters. The van der Waals surface area contributed by atoms with Crippen LogP contribution in [0.2, 0.25) is 0 Å². The molecular weight excluding hydrogens is 292 g/mol. The van der Waals surface area contributed by atoms with Gasteiger partial charge in [-0.2, -0.15) is 0 Å². The summed E-state index contributed by atoms with van der Waals surface area (Å²) < 4.78 is 17.1. The van der Waals surface area contributed by atoms with E-state index in [4.69, 9.17) is 14.2 Å². The molecule has 1 fully saturated rings. The number of hydrogen-bond donors (Lipinski definition) is 0. The molecule has 4 nitrogen and oxygen atoms in total. The molecule has 23 heavy (non-hydrogen) atoms. The van der Waals surface area contributed by atoms with Crippen LogP contribution in [0.5, 0.6) is 0 Å². The van der Waals surface area contributed by atoms with E-state index in [1.54, 1.807) is 13.0 Å². The fourth-order valence-corrected chi connectivity index (χ4v) is 2.38. The minimum absolute atomic E-state index is 0.166. The van der Waals surface area contributed by atoms with Gasteiger partial charge >= 0.3 is 5.97 Å². The lowest BCUT2D eigenvalue weighted by Crippen LogP contribution is -2.41. The molecule has 0 aromatic heterocycles. The number of ether oxygens (including phenoxy) is 3. The number of carbonyl (C=O) groups is 1. The Morgan fingerprint density at radius 2 is 2.35 bits per heavy atom. The highest BCUT2D eigenvalue weighted by Gasteiger charge is 2.40. The predicted octanol–water partition coefficient (Wildman–Crippen LogP) is 2.95. The number of hydrogen-bond acceptors (Lipinski definition) is 4. The van der Waals surface area contributed by atoms with Crippen LogP contribution >= 0.6 is 0 Å². The van der Waals surface area contributed by atoms with Crippen LogP contribution in [0.4, 0.5) is 0 Å². The SMILES string of the molecule is CC#CC#C/C=C1\C=C[C@]2(CC[C@@H](OC(=O)CC(C)C)CO2)O1. The molecule has 0 aliphatic carbocycles. The summed E-state index contributed by atoms with van der Waals surface area (Å²) in [4.78, 5) is 11.7. The van der Waals surface area contributed by atoms with Crippen LogP contribution in [-0.2, 0) is 19.0 Å². The van der Waals surface area contributed by atoms with Crippen LogP contribution in [-0.4, -0.2) is 24.5 Å². The van der Waals surface area contributed by atoms with Crippen LogP contribution < -0.4 is 0 Å². The highest BCUT2D eigenvalue weighted by Crippen LogP contribution is 2.35. The third kappa shape index (κ3) is 5.20. The summed E-state index contributed by atoms with van der Waals surface area (Å²) in [6, 6.07) is 0. The van der Waals surface area contributed by atoms with Crippen molar-refractivity contribution >= 4 is 5.97 Å². The average molecular weight is 314 g/mol. The standard InChI is InChI=1S/C19H22O4/c1-4-5-6-7-8-16-9-11-19(23-16)12-10-17(14-21-19)22-18(20)13-15(2)3/h8-9,11,15,17H,10,12-14H2,1-3H3/b16-8+/t17-,19-/m1/s1. The molecule has 0 N–H and O–H groups in total. The third-order valence-corrected chi connectivity index (χ3v) is 3.47. The summed E-state index contributed by atoms with van der Waals surface area (Å²) in [5.41, 5.74) is 0. The Balaban J connectivity index is 1.83. The first kappa shape index (κ1) is 17.2. The maximum absolute atomic E-state index is 11.7. The maximum atomic E-state index is 11.7. The molecule has 2 heterocycles. The van der Waals surface area contributed by atoms with Gasteiger partial charge in [0.25, 0.3) is 0 Å². The zero-order valence-corrected chi connectivity index (χ0v) is 13.8. The Morgan fingerprint density at radius 3 is 3.00 bits per heavy atom. The third-order valence-electron chi connectivity index (χ3n) is 3.47. The van der Waals surface area contributed by atoms with Crippen molar-refractivity contribution in [1.82, 2.24) is 0 Å². The van der Waals surface area contributed by atoms with Gasteiger partial charge in [0.15, 0.2) is 0 Å². The van der Waals surface area contributed by atoms with E-state index >= 15 is 0 Å². The Labute approximate surface area is 137 Å². The molecule has 0 aromatic rings. The van der Waals surface area contributed by atoms with E-state index in [0.717, 1.165) is 0 Å². The van der Waals surface area contributed by atoms with E-state index < -0.39 is 5.79 Å². The van der Waals surface area contributed by atoms with Crippen LogP contribution in [0.15, 0.2) is 24.0 Å². The van der Waals surface area contributed by atoms with Gasteiger partial charge in [0.1, 0.15) is 11.9 Å². The second kappa shape index (κ2) is 7.90. The van der Waals surface area contributed by atoms with Gasteiger partial charge in [-0.3, -0.25) is 4.79 Å². The number of esters is 1. The van der Waals surface area contributed by atoms with Gasteiger partial charge < -0.3 is 14.2 Å². The van der Waals surface area contributed by atoms with Crippen molar-refractivity contribution in [2.24, 2.45) is 5.92 Å². The molecule has 2 rings (SSSR count). The molecule has 0 aromatic carbocycles. The fourth-order valence-electron chi connectivity index (χ4n) is 2.38. The minimum Gasteiger partial charge on any atom is -0.460 e. The molecule has 2 aliphatic rings. The summed E-state index contributed by atoms with van der Waals surface area (Å²) in [6.45, 7) is 6.07. The number of carbonyl (C=O) groups excluding carboxylic acids is 1.